The van der Waals surface area contributed by atoms with Crippen LogP contribution in [0.15, 0.2) is 114 Å². The van der Waals surface area contributed by atoms with Gasteiger partial charge in [0.05, 0.1) is 30.1 Å². The van der Waals surface area contributed by atoms with Crippen molar-refractivity contribution in [2.24, 2.45) is 5.73 Å². The molecule has 0 aromatic heterocycles. The Bertz CT molecular complexity index is 1580. The van der Waals surface area contributed by atoms with Gasteiger partial charge in [-0.05, 0) is 41.8 Å². The van der Waals surface area contributed by atoms with E-state index in [1.165, 1.54) is 28.8 Å². The van der Waals surface area contributed by atoms with Crippen molar-refractivity contribution < 1.29 is 24.2 Å². The first-order valence-electron chi connectivity index (χ1n) is 14.0. The Morgan fingerprint density at radius 2 is 1.55 bits per heavy atom. The molecule has 3 N–H and O–H groups in total. The predicted molar refractivity (Wildman–Crippen MR) is 169 cm³/mol. The molecule has 0 aliphatic heterocycles. The Balaban J connectivity index is 1.67. The number of rotatable bonds is 14. The van der Waals surface area contributed by atoms with Crippen LogP contribution in [-0.4, -0.2) is 52.4 Å². The van der Waals surface area contributed by atoms with Crippen LogP contribution in [0.3, 0.4) is 0 Å². The highest BCUT2D eigenvalue weighted by molar-refractivity contribution is 7.99. The fourth-order valence-electron chi connectivity index (χ4n) is 5.01. The number of hydrogen-bond donors (Lipinski definition) is 2. The maximum Gasteiger partial charge on any atom is 0.335 e. The number of thioether (sulfide) groups is 1. The number of aryl methyl sites for hydroxylation is 1. The molecule has 0 aliphatic rings. The van der Waals surface area contributed by atoms with Crippen LogP contribution in [0.25, 0.3) is 0 Å². The summed E-state index contributed by atoms with van der Waals surface area (Å²) >= 11 is 1.25. The van der Waals surface area contributed by atoms with Crippen molar-refractivity contribution in [3.05, 3.63) is 137 Å². The van der Waals surface area contributed by atoms with Crippen LogP contribution in [0.1, 0.15) is 38.5 Å². The van der Waals surface area contributed by atoms with Crippen LogP contribution >= 0.6 is 11.8 Å². The number of carboxylic acids is 1. The lowest BCUT2D eigenvalue weighted by Gasteiger charge is -2.36. The van der Waals surface area contributed by atoms with E-state index in [2.05, 4.69) is 6.07 Å². The van der Waals surface area contributed by atoms with Crippen molar-refractivity contribution in [3.63, 3.8) is 0 Å². The second-order valence-electron chi connectivity index (χ2n) is 10.2. The van der Waals surface area contributed by atoms with Crippen molar-refractivity contribution in [1.29, 1.82) is 5.26 Å². The maximum absolute atomic E-state index is 14.7. The summed E-state index contributed by atoms with van der Waals surface area (Å²) in [6.07, 6.45) is 0.119. The molecule has 4 aromatic rings. The van der Waals surface area contributed by atoms with E-state index >= 15 is 0 Å². The highest BCUT2D eigenvalue weighted by atomic mass is 32.2. The first kappa shape index (κ1) is 32.0. The summed E-state index contributed by atoms with van der Waals surface area (Å²) < 4.78 is 5.86. The number of carbonyl (C=O) groups is 3. The SMILES string of the molecule is Cc1cccc(C[C@@H](C(N)=O)N(C(=O)C(c2ccccc2)c2ccccc2)[C@@H](C#N)COCSc2cccc(C(=O)O)c2)c1. The smallest absolute Gasteiger partial charge is 0.335 e. The minimum Gasteiger partial charge on any atom is -0.478 e. The Morgan fingerprint density at radius 3 is 2.11 bits per heavy atom. The quantitative estimate of drug-likeness (QED) is 0.111. The van der Waals surface area contributed by atoms with E-state index in [1.807, 2.05) is 91.9 Å². The van der Waals surface area contributed by atoms with Gasteiger partial charge in [0.2, 0.25) is 11.8 Å². The van der Waals surface area contributed by atoms with Gasteiger partial charge in [0.1, 0.15) is 12.1 Å². The maximum atomic E-state index is 14.7. The van der Waals surface area contributed by atoms with Crippen LogP contribution < -0.4 is 5.73 Å². The van der Waals surface area contributed by atoms with Crippen molar-refractivity contribution >= 4 is 29.5 Å². The number of hydrogen-bond acceptors (Lipinski definition) is 6. The van der Waals surface area contributed by atoms with E-state index in [-0.39, 0.29) is 24.5 Å². The van der Waals surface area contributed by atoms with Gasteiger partial charge in [-0.2, -0.15) is 5.26 Å². The number of nitriles is 1. The molecular formula is C35H33N3O5S. The number of benzene rings is 4. The average molecular weight is 608 g/mol. The van der Waals surface area contributed by atoms with Crippen LogP contribution in [-0.2, 0) is 20.7 Å². The first-order chi connectivity index (χ1) is 21.3. The van der Waals surface area contributed by atoms with Gasteiger partial charge in [-0.25, -0.2) is 4.79 Å². The molecule has 4 aromatic carbocycles. The third-order valence-corrected chi connectivity index (χ3v) is 7.97. The normalized spacial score (nSPS) is 12.2. The molecule has 2 atom stereocenters. The van der Waals surface area contributed by atoms with Gasteiger partial charge in [0.25, 0.3) is 0 Å². The van der Waals surface area contributed by atoms with Gasteiger partial charge >= 0.3 is 5.97 Å². The van der Waals surface area contributed by atoms with Gasteiger partial charge in [-0.1, -0.05) is 108 Å². The molecule has 0 spiro atoms. The highest BCUT2D eigenvalue weighted by Gasteiger charge is 2.39. The van der Waals surface area contributed by atoms with Gasteiger partial charge in [-0.15, -0.1) is 0 Å². The van der Waals surface area contributed by atoms with Gasteiger partial charge in [-0.3, -0.25) is 9.59 Å². The standard InChI is InChI=1S/C35H33N3O5S/c1-24-10-8-11-25(18-24)19-31(33(37)39)38(29(21-36)22-43-23-44-30-17-9-16-28(20-30)35(41)42)34(40)32(26-12-4-2-5-13-26)27-14-6-3-7-15-27/h2-18,20,29,31-32H,19,22-23H2,1H3,(H2,37,39)(H,41,42)/t29-,31-/m0/s1. The summed E-state index contributed by atoms with van der Waals surface area (Å²) in [4.78, 5) is 41.0. The molecule has 9 heteroatoms. The first-order valence-corrected chi connectivity index (χ1v) is 15.0. The summed E-state index contributed by atoms with van der Waals surface area (Å²) in [5.41, 5.74) is 9.31. The molecular weight excluding hydrogens is 574 g/mol. The molecule has 0 heterocycles. The van der Waals surface area contributed by atoms with E-state index in [1.54, 1.807) is 12.1 Å². The zero-order valence-electron chi connectivity index (χ0n) is 24.2. The largest absolute Gasteiger partial charge is 0.478 e. The summed E-state index contributed by atoms with van der Waals surface area (Å²) in [5, 5.41) is 19.6. The number of ether oxygens (including phenoxy) is 1. The number of primary amides is 1. The molecule has 0 unspecified atom stereocenters. The summed E-state index contributed by atoms with van der Waals surface area (Å²) in [7, 11) is 0. The van der Waals surface area contributed by atoms with Crippen LogP contribution in [0.2, 0.25) is 0 Å². The van der Waals surface area contributed by atoms with E-state index in [0.29, 0.717) is 16.0 Å². The minimum absolute atomic E-state index is 0.0865. The molecule has 8 nitrogen and oxygen atoms in total. The molecule has 0 radical (unpaired) electrons. The monoisotopic (exact) mass is 607 g/mol. The average Bonchev–Trinajstić information content (AvgIpc) is 3.03. The minimum atomic E-state index is -1.15. The summed E-state index contributed by atoms with van der Waals surface area (Å²) in [6.45, 7) is 1.74. The van der Waals surface area contributed by atoms with Crippen LogP contribution in [0.5, 0.6) is 0 Å². The fourth-order valence-corrected chi connectivity index (χ4v) is 5.71. The molecule has 0 saturated heterocycles. The van der Waals surface area contributed by atoms with Crippen molar-refractivity contribution in [1.82, 2.24) is 4.90 Å². The molecule has 224 valence electrons. The Labute approximate surface area is 261 Å². The molecule has 0 saturated carbocycles. The molecule has 4 rings (SSSR count). The third kappa shape index (κ3) is 8.34. The van der Waals surface area contributed by atoms with Gasteiger partial charge < -0.3 is 20.5 Å². The Hall–Kier alpha value is -4.91. The summed E-state index contributed by atoms with van der Waals surface area (Å²) in [6, 6.07) is 32.3. The summed E-state index contributed by atoms with van der Waals surface area (Å²) in [5.74, 6) is -2.94. The molecule has 0 fully saturated rings. The predicted octanol–water partition coefficient (Wildman–Crippen LogP) is 5.41. The van der Waals surface area contributed by atoms with Crippen molar-refractivity contribution in [2.75, 3.05) is 12.5 Å². The van der Waals surface area contributed by atoms with E-state index in [9.17, 15) is 24.8 Å². The fraction of sp³-hybridized carbons (Fsp3) is 0.200. The number of amides is 2. The lowest BCUT2D eigenvalue weighted by Crippen LogP contribution is -2.56. The van der Waals surface area contributed by atoms with E-state index < -0.39 is 35.8 Å². The second kappa shape index (κ2) is 15.5. The third-order valence-electron chi connectivity index (χ3n) is 7.09. The van der Waals surface area contributed by atoms with Gasteiger partial charge in [0, 0.05) is 11.3 Å². The highest BCUT2D eigenvalue weighted by Crippen LogP contribution is 2.30. The number of carbonyl (C=O) groups excluding carboxylic acids is 2. The second-order valence-corrected chi connectivity index (χ2v) is 11.2. The zero-order chi connectivity index (χ0) is 31.5. The molecule has 0 bridgehead atoms. The molecule has 0 aliphatic carbocycles. The number of aromatic carboxylic acids is 1. The number of nitrogens with zero attached hydrogens (tertiary/aromatic N) is 2. The number of nitrogens with two attached hydrogens (primary N) is 1. The lowest BCUT2D eigenvalue weighted by molar-refractivity contribution is -0.142. The Morgan fingerprint density at radius 1 is 0.909 bits per heavy atom. The van der Waals surface area contributed by atoms with Crippen LogP contribution in [0, 0.1) is 18.3 Å². The Kier molecular flexibility index (Phi) is 11.3. The van der Waals surface area contributed by atoms with Crippen LogP contribution in [0.4, 0.5) is 0 Å². The molecule has 2 amide bonds. The van der Waals surface area contributed by atoms with Crippen molar-refractivity contribution in [2.45, 2.75) is 36.2 Å². The number of carboxylic acid groups (broad SMARTS) is 1. The topological polar surface area (TPSA) is 134 Å². The van der Waals surface area contributed by atoms with Crippen molar-refractivity contribution in [3.8, 4) is 6.07 Å². The zero-order valence-corrected chi connectivity index (χ0v) is 25.0. The van der Waals surface area contributed by atoms with Gasteiger partial charge in [0.15, 0.2) is 0 Å². The lowest BCUT2D eigenvalue weighted by atomic mass is 9.88. The van der Waals surface area contributed by atoms with E-state index in [4.69, 9.17) is 10.5 Å². The van der Waals surface area contributed by atoms with E-state index in [0.717, 1.165) is 11.1 Å². The molecule has 44 heavy (non-hydrogen) atoms.